The number of methoxy groups -OCH3 is 4. The predicted octanol–water partition coefficient (Wildman–Crippen LogP) is 2.88. The zero-order valence-corrected chi connectivity index (χ0v) is 17.6. The quantitative estimate of drug-likeness (QED) is 0.196. The van der Waals surface area contributed by atoms with Gasteiger partial charge in [-0.25, -0.2) is 0 Å². The van der Waals surface area contributed by atoms with E-state index in [1.54, 1.807) is 14.2 Å². The fraction of sp³-hybridized carbons (Fsp3) is 0.632. The van der Waals surface area contributed by atoms with Crippen molar-refractivity contribution in [2.75, 3.05) is 41.7 Å². The van der Waals surface area contributed by atoms with Gasteiger partial charge in [0.05, 0.1) is 41.7 Å². The summed E-state index contributed by atoms with van der Waals surface area (Å²) in [6.07, 6.45) is 2.22. The summed E-state index contributed by atoms with van der Waals surface area (Å²) in [5.41, 5.74) is 1.74. The van der Waals surface area contributed by atoms with Crippen LogP contribution in [0.2, 0.25) is 0 Å². The minimum absolute atomic E-state index is 0.0273. The minimum Gasteiger partial charge on any atom is -0.492 e. The Balaban J connectivity index is 2.63. The van der Waals surface area contributed by atoms with Crippen LogP contribution in [0.4, 0.5) is 0 Å². The summed E-state index contributed by atoms with van der Waals surface area (Å²) in [5, 5.41) is 9.18. The van der Waals surface area contributed by atoms with Gasteiger partial charge in [0, 0.05) is 17.5 Å². The molecule has 0 radical (unpaired) electrons. The van der Waals surface area contributed by atoms with Crippen LogP contribution < -0.4 is 18.9 Å². The van der Waals surface area contributed by atoms with Crippen LogP contribution in [0.1, 0.15) is 36.8 Å². The lowest BCUT2D eigenvalue weighted by atomic mass is 10.00. The van der Waals surface area contributed by atoms with Gasteiger partial charge < -0.3 is 28.5 Å². The molecule has 0 heterocycles. The second kappa shape index (κ2) is 12.5. The van der Waals surface area contributed by atoms with E-state index in [1.165, 1.54) is 14.2 Å². The molecule has 0 fully saturated rings. The van der Waals surface area contributed by atoms with Crippen molar-refractivity contribution in [3.8, 4) is 23.0 Å². The van der Waals surface area contributed by atoms with Crippen LogP contribution in [-0.2, 0) is 20.8 Å². The summed E-state index contributed by atoms with van der Waals surface area (Å²) < 4.78 is 27.1. The van der Waals surface area contributed by atoms with Crippen molar-refractivity contribution in [3.63, 3.8) is 0 Å². The highest BCUT2D eigenvalue weighted by molar-refractivity contribution is 5.69. The number of hydrogen-bond acceptors (Lipinski definition) is 9. The van der Waals surface area contributed by atoms with Crippen molar-refractivity contribution in [1.29, 1.82) is 0 Å². The van der Waals surface area contributed by atoms with Crippen LogP contribution in [0, 0.1) is 17.0 Å². The molecule has 0 aromatic heterocycles. The normalized spacial score (nSPS) is 10.2. The van der Waals surface area contributed by atoms with Gasteiger partial charge in [0.15, 0.2) is 11.5 Å². The average Bonchev–Trinajstić information content (AvgIpc) is 2.70. The second-order valence-corrected chi connectivity index (χ2v) is 6.07. The molecule has 0 unspecified atom stereocenters. The summed E-state index contributed by atoms with van der Waals surface area (Å²) in [4.78, 5) is 26.0. The second-order valence-electron chi connectivity index (χ2n) is 6.07. The summed E-state index contributed by atoms with van der Waals surface area (Å²) in [5.74, 6) is 1.68. The molecule has 0 spiro atoms. The maximum absolute atomic E-state index is 11.7. The molecular weight excluding hydrogens is 386 g/mol. The van der Waals surface area contributed by atoms with Gasteiger partial charge in [-0.15, -0.1) is 10.1 Å². The van der Waals surface area contributed by atoms with E-state index in [2.05, 4.69) is 4.84 Å². The van der Waals surface area contributed by atoms with E-state index >= 15 is 0 Å². The van der Waals surface area contributed by atoms with E-state index in [-0.39, 0.29) is 25.6 Å². The minimum atomic E-state index is -0.849. The summed E-state index contributed by atoms with van der Waals surface area (Å²) in [6.45, 7) is 2.11. The molecule has 1 aromatic carbocycles. The number of carbonyl (C=O) groups is 1. The smallest absolute Gasteiger partial charge is 0.305 e. The number of rotatable bonds is 14. The number of nitrogens with zero attached hydrogens (tertiary/aromatic N) is 1. The molecule has 10 heteroatoms. The lowest BCUT2D eigenvalue weighted by Gasteiger charge is -2.21. The van der Waals surface area contributed by atoms with Gasteiger partial charge in [-0.3, -0.25) is 4.79 Å². The number of ether oxygens (including phenoxy) is 5. The topological polar surface area (TPSA) is 116 Å². The molecule has 0 saturated heterocycles. The Morgan fingerprint density at radius 3 is 2.00 bits per heavy atom. The van der Waals surface area contributed by atoms with Crippen LogP contribution in [0.5, 0.6) is 23.0 Å². The van der Waals surface area contributed by atoms with Crippen molar-refractivity contribution in [2.45, 2.75) is 39.0 Å². The molecule has 29 heavy (non-hydrogen) atoms. The number of carbonyl (C=O) groups excluding carboxylic acids is 1. The first-order valence-corrected chi connectivity index (χ1v) is 9.19. The van der Waals surface area contributed by atoms with Gasteiger partial charge >= 0.3 is 5.97 Å². The van der Waals surface area contributed by atoms with Crippen LogP contribution in [0.15, 0.2) is 0 Å². The first kappa shape index (κ1) is 24.1. The predicted molar refractivity (Wildman–Crippen MR) is 103 cm³/mol. The van der Waals surface area contributed by atoms with E-state index in [0.29, 0.717) is 48.7 Å². The van der Waals surface area contributed by atoms with Crippen LogP contribution in [-0.4, -0.2) is 52.7 Å². The third-order valence-corrected chi connectivity index (χ3v) is 4.31. The van der Waals surface area contributed by atoms with Gasteiger partial charge in [0.25, 0.3) is 5.09 Å². The molecule has 0 N–H and O–H groups in total. The highest BCUT2D eigenvalue weighted by atomic mass is 16.9. The van der Waals surface area contributed by atoms with Gasteiger partial charge in [-0.05, 0) is 32.6 Å². The van der Waals surface area contributed by atoms with Crippen molar-refractivity contribution in [1.82, 2.24) is 0 Å². The van der Waals surface area contributed by atoms with Gasteiger partial charge in [0.1, 0.15) is 0 Å². The standard InChI is InChI=1S/C19H29NO9/c1-13-14(17(25-3)19(27-5)18(26-4)16(13)24-2)9-8-11-28-15(21)10-6-7-12-29-20(22)23/h6-12H2,1-5H3. The average molecular weight is 415 g/mol. The lowest BCUT2D eigenvalue weighted by molar-refractivity contribution is -0.757. The Morgan fingerprint density at radius 2 is 1.45 bits per heavy atom. The Morgan fingerprint density at radius 1 is 0.862 bits per heavy atom. The molecule has 0 saturated carbocycles. The van der Waals surface area contributed by atoms with Gasteiger partial charge in [0.2, 0.25) is 11.5 Å². The summed E-state index contributed by atoms with van der Waals surface area (Å²) in [6, 6.07) is 0. The monoisotopic (exact) mass is 415 g/mol. The molecular formula is C19H29NO9. The van der Waals surface area contributed by atoms with E-state index < -0.39 is 5.09 Å². The third-order valence-electron chi connectivity index (χ3n) is 4.31. The first-order chi connectivity index (χ1) is 13.9. The van der Waals surface area contributed by atoms with Crippen LogP contribution >= 0.6 is 0 Å². The van der Waals surface area contributed by atoms with Crippen LogP contribution in [0.25, 0.3) is 0 Å². The maximum Gasteiger partial charge on any atom is 0.305 e. The highest BCUT2D eigenvalue weighted by Crippen LogP contribution is 2.49. The third kappa shape index (κ3) is 6.88. The number of hydrogen-bond donors (Lipinski definition) is 0. The Labute approximate surface area is 170 Å². The highest BCUT2D eigenvalue weighted by Gasteiger charge is 2.25. The van der Waals surface area contributed by atoms with E-state index in [1.807, 2.05) is 6.92 Å². The Hall–Kier alpha value is -2.91. The molecule has 10 nitrogen and oxygen atoms in total. The number of unbranched alkanes of at least 4 members (excludes halogenated alkanes) is 1. The molecule has 0 atom stereocenters. The molecule has 164 valence electrons. The Bertz CT molecular complexity index is 691. The molecule has 0 aliphatic carbocycles. The zero-order chi connectivity index (χ0) is 21.8. The largest absolute Gasteiger partial charge is 0.492 e. The van der Waals surface area contributed by atoms with Crippen molar-refractivity contribution in [3.05, 3.63) is 21.2 Å². The fourth-order valence-corrected chi connectivity index (χ4v) is 2.97. The van der Waals surface area contributed by atoms with Crippen molar-refractivity contribution < 1.29 is 38.4 Å². The molecule has 1 rings (SSSR count). The number of benzene rings is 1. The van der Waals surface area contributed by atoms with Crippen molar-refractivity contribution in [2.24, 2.45) is 0 Å². The molecule has 0 aliphatic heterocycles. The van der Waals surface area contributed by atoms with Crippen molar-refractivity contribution >= 4 is 5.97 Å². The lowest BCUT2D eigenvalue weighted by Crippen LogP contribution is -2.09. The SMILES string of the molecule is COc1c(C)c(CCCOC(=O)CCCCO[N+](=O)[O-])c(OC)c(OC)c1OC. The fourth-order valence-electron chi connectivity index (χ4n) is 2.97. The first-order valence-electron chi connectivity index (χ1n) is 9.19. The molecule has 0 aliphatic rings. The summed E-state index contributed by atoms with van der Waals surface area (Å²) >= 11 is 0. The summed E-state index contributed by atoms with van der Waals surface area (Å²) in [7, 11) is 6.16. The van der Waals surface area contributed by atoms with E-state index in [9.17, 15) is 14.9 Å². The molecule has 0 bridgehead atoms. The van der Waals surface area contributed by atoms with Gasteiger partial charge in [-0.2, -0.15) is 0 Å². The molecule has 0 amide bonds. The van der Waals surface area contributed by atoms with E-state index in [4.69, 9.17) is 23.7 Å². The maximum atomic E-state index is 11.7. The van der Waals surface area contributed by atoms with Crippen LogP contribution in [0.3, 0.4) is 0 Å². The van der Waals surface area contributed by atoms with E-state index in [0.717, 1.165) is 11.1 Å². The Kier molecular flexibility index (Phi) is 10.4. The molecule has 1 aromatic rings. The zero-order valence-electron chi connectivity index (χ0n) is 17.6. The van der Waals surface area contributed by atoms with Gasteiger partial charge in [-0.1, -0.05) is 0 Å². The number of esters is 1.